The first-order valence-electron chi connectivity index (χ1n) is 6.75. The molecule has 0 amide bonds. The number of hydrogen-bond acceptors (Lipinski definition) is 3. The van der Waals surface area contributed by atoms with E-state index in [2.05, 4.69) is 0 Å². The van der Waals surface area contributed by atoms with Crippen molar-refractivity contribution < 1.29 is 18.1 Å². The number of benzene rings is 4. The average Bonchev–Trinajstić information content (AvgIpc) is 2.47. The Balaban J connectivity index is 2.42. The fourth-order valence-electron chi connectivity index (χ4n) is 3.21. The first-order valence-corrected chi connectivity index (χ1v) is 8.19. The van der Waals surface area contributed by atoms with Gasteiger partial charge in [0.25, 0.3) is 10.1 Å². The predicted octanol–water partition coefficient (Wildman–Crippen LogP) is 3.84. The smallest absolute Gasteiger partial charge is 0.295 e. The third-order valence-corrected chi connectivity index (χ3v) is 5.11. The van der Waals surface area contributed by atoms with Crippen molar-refractivity contribution in [2.45, 2.75) is 11.8 Å². The minimum Gasteiger partial charge on any atom is -0.507 e. The lowest BCUT2D eigenvalue weighted by atomic mass is 9.92. The number of hydrogen-bond donors (Lipinski definition) is 2. The molecule has 0 bridgehead atoms. The van der Waals surface area contributed by atoms with Crippen LogP contribution < -0.4 is 0 Å². The molecule has 0 spiro atoms. The summed E-state index contributed by atoms with van der Waals surface area (Å²) in [4.78, 5) is -0.270. The molecular formula is C17H12O4S. The van der Waals surface area contributed by atoms with Gasteiger partial charge >= 0.3 is 0 Å². The van der Waals surface area contributed by atoms with Gasteiger partial charge in [0, 0.05) is 22.2 Å². The summed E-state index contributed by atoms with van der Waals surface area (Å²) in [5.74, 6) is -0.156. The van der Waals surface area contributed by atoms with Gasteiger partial charge in [0.15, 0.2) is 0 Å². The van der Waals surface area contributed by atoms with Crippen LogP contribution in [0.3, 0.4) is 0 Å². The summed E-state index contributed by atoms with van der Waals surface area (Å²) in [5, 5.41) is 14.7. The normalized spacial score (nSPS) is 12.6. The zero-order chi connectivity index (χ0) is 15.6. The van der Waals surface area contributed by atoms with Crippen LogP contribution in [0.4, 0.5) is 0 Å². The predicted molar refractivity (Wildman–Crippen MR) is 86.4 cm³/mol. The van der Waals surface area contributed by atoms with Crippen LogP contribution in [0.5, 0.6) is 5.75 Å². The molecule has 0 unspecified atom stereocenters. The second-order valence-electron chi connectivity index (χ2n) is 5.50. The van der Waals surface area contributed by atoms with E-state index in [4.69, 9.17) is 0 Å². The van der Waals surface area contributed by atoms with E-state index in [0.29, 0.717) is 16.2 Å². The van der Waals surface area contributed by atoms with Gasteiger partial charge in [0.05, 0.1) is 0 Å². The summed E-state index contributed by atoms with van der Waals surface area (Å²) in [6, 6.07) is 12.3. The van der Waals surface area contributed by atoms with Crippen LogP contribution in [0.25, 0.3) is 32.3 Å². The second kappa shape index (κ2) is 4.09. The Hall–Kier alpha value is -2.37. The lowest BCUT2D eigenvalue weighted by Gasteiger charge is -2.15. The molecule has 2 N–H and O–H groups in total. The molecule has 0 aliphatic heterocycles. The summed E-state index contributed by atoms with van der Waals surface area (Å²) >= 11 is 0. The quantitative estimate of drug-likeness (QED) is 0.413. The Morgan fingerprint density at radius 3 is 2.23 bits per heavy atom. The standard InChI is InChI=1S/C17H12O4S/c1-9-2-3-10-4-5-12-14(18)8-15(22(19,20)21)13-7-6-11(9)16(10)17(12)13/h2-8,18H,1H3,(H,19,20,21). The molecular weight excluding hydrogens is 300 g/mol. The van der Waals surface area contributed by atoms with E-state index in [1.54, 1.807) is 12.1 Å². The molecule has 0 aromatic heterocycles. The lowest BCUT2D eigenvalue weighted by Crippen LogP contribution is -2.00. The molecule has 4 rings (SSSR count). The highest BCUT2D eigenvalue weighted by Crippen LogP contribution is 2.41. The van der Waals surface area contributed by atoms with Crippen LogP contribution in [0, 0.1) is 6.92 Å². The number of aromatic hydroxyl groups is 1. The highest BCUT2D eigenvalue weighted by molar-refractivity contribution is 7.86. The zero-order valence-corrected chi connectivity index (χ0v) is 12.5. The highest BCUT2D eigenvalue weighted by Gasteiger charge is 2.20. The Morgan fingerprint density at radius 1 is 0.864 bits per heavy atom. The van der Waals surface area contributed by atoms with Gasteiger partial charge in [-0.3, -0.25) is 4.55 Å². The first kappa shape index (κ1) is 13.3. The summed E-state index contributed by atoms with van der Waals surface area (Å²) in [5.41, 5.74) is 1.07. The molecule has 4 aromatic rings. The van der Waals surface area contributed by atoms with Crippen LogP contribution in [0.2, 0.25) is 0 Å². The monoisotopic (exact) mass is 312 g/mol. The molecule has 0 aliphatic carbocycles. The van der Waals surface area contributed by atoms with Crippen molar-refractivity contribution in [3.63, 3.8) is 0 Å². The van der Waals surface area contributed by atoms with Crippen molar-refractivity contribution in [2.24, 2.45) is 0 Å². The fraction of sp³-hybridized carbons (Fsp3) is 0.0588. The molecule has 0 saturated carbocycles. The van der Waals surface area contributed by atoms with E-state index in [1.807, 2.05) is 31.2 Å². The van der Waals surface area contributed by atoms with Crippen molar-refractivity contribution >= 4 is 42.4 Å². The maximum absolute atomic E-state index is 11.6. The first-order chi connectivity index (χ1) is 10.4. The van der Waals surface area contributed by atoms with E-state index in [-0.39, 0.29) is 10.6 Å². The van der Waals surface area contributed by atoms with Gasteiger partial charge in [0.2, 0.25) is 0 Å². The van der Waals surface area contributed by atoms with Crippen molar-refractivity contribution in [2.75, 3.05) is 0 Å². The van der Waals surface area contributed by atoms with Gasteiger partial charge in [0.1, 0.15) is 10.6 Å². The molecule has 5 heteroatoms. The van der Waals surface area contributed by atoms with E-state index in [1.165, 1.54) is 0 Å². The Kier molecular flexibility index (Phi) is 2.47. The second-order valence-corrected chi connectivity index (χ2v) is 6.89. The van der Waals surface area contributed by atoms with Gasteiger partial charge < -0.3 is 5.11 Å². The van der Waals surface area contributed by atoms with Crippen molar-refractivity contribution in [1.82, 2.24) is 0 Å². The van der Waals surface area contributed by atoms with Crippen LogP contribution in [0.15, 0.2) is 47.4 Å². The number of phenolic OH excluding ortho intramolecular Hbond substituents is 1. The van der Waals surface area contributed by atoms with Crippen LogP contribution in [0.1, 0.15) is 5.56 Å². The molecule has 0 atom stereocenters. The van der Waals surface area contributed by atoms with Gasteiger partial charge in [-0.2, -0.15) is 8.42 Å². The van der Waals surface area contributed by atoms with Gasteiger partial charge in [-0.1, -0.05) is 36.4 Å². The van der Waals surface area contributed by atoms with Gasteiger partial charge in [-0.25, -0.2) is 0 Å². The van der Waals surface area contributed by atoms with Crippen LogP contribution >= 0.6 is 0 Å². The SMILES string of the molecule is Cc1ccc2ccc3c(O)cc(S(=O)(=O)O)c4ccc1c2c34. The molecule has 0 aliphatic rings. The van der Waals surface area contributed by atoms with E-state index in [0.717, 1.165) is 27.8 Å². The molecule has 4 nitrogen and oxygen atoms in total. The number of aryl methyl sites for hydroxylation is 1. The summed E-state index contributed by atoms with van der Waals surface area (Å²) in [6.07, 6.45) is 0. The fourth-order valence-corrected chi connectivity index (χ4v) is 3.91. The Bertz CT molecular complexity index is 1160. The third-order valence-electron chi connectivity index (χ3n) is 4.22. The maximum atomic E-state index is 11.6. The molecule has 110 valence electrons. The number of rotatable bonds is 1. The minimum atomic E-state index is -4.42. The summed E-state index contributed by atoms with van der Waals surface area (Å²) in [6.45, 7) is 1.98. The number of phenols is 1. The third kappa shape index (κ3) is 1.63. The Labute approximate surface area is 126 Å². The highest BCUT2D eigenvalue weighted by atomic mass is 32.2. The van der Waals surface area contributed by atoms with Gasteiger partial charge in [-0.05, 0) is 28.6 Å². The van der Waals surface area contributed by atoms with Crippen LogP contribution in [-0.2, 0) is 10.1 Å². The van der Waals surface area contributed by atoms with Crippen molar-refractivity contribution in [3.8, 4) is 5.75 Å². The van der Waals surface area contributed by atoms with E-state index >= 15 is 0 Å². The van der Waals surface area contributed by atoms with Crippen molar-refractivity contribution in [1.29, 1.82) is 0 Å². The molecule has 0 radical (unpaired) electrons. The maximum Gasteiger partial charge on any atom is 0.295 e. The van der Waals surface area contributed by atoms with E-state index < -0.39 is 10.1 Å². The summed E-state index contributed by atoms with van der Waals surface area (Å²) < 4.78 is 32.7. The lowest BCUT2D eigenvalue weighted by molar-refractivity contribution is 0.472. The zero-order valence-electron chi connectivity index (χ0n) is 11.7. The van der Waals surface area contributed by atoms with E-state index in [9.17, 15) is 18.1 Å². The Morgan fingerprint density at radius 2 is 1.50 bits per heavy atom. The topological polar surface area (TPSA) is 74.6 Å². The average molecular weight is 312 g/mol. The van der Waals surface area contributed by atoms with Gasteiger partial charge in [-0.15, -0.1) is 0 Å². The summed E-state index contributed by atoms with van der Waals surface area (Å²) in [7, 11) is -4.42. The largest absolute Gasteiger partial charge is 0.507 e. The molecule has 4 aromatic carbocycles. The minimum absolute atomic E-state index is 0.156. The van der Waals surface area contributed by atoms with Crippen molar-refractivity contribution in [3.05, 3.63) is 48.0 Å². The van der Waals surface area contributed by atoms with Crippen LogP contribution in [-0.4, -0.2) is 18.1 Å². The molecule has 0 fully saturated rings. The molecule has 0 heterocycles. The molecule has 22 heavy (non-hydrogen) atoms. The molecule has 0 saturated heterocycles.